The lowest BCUT2D eigenvalue weighted by Crippen LogP contribution is -2.46. The van der Waals surface area contributed by atoms with Gasteiger partial charge in [0.1, 0.15) is 17.6 Å². The smallest absolute Gasteiger partial charge is 0.125 e. The summed E-state index contributed by atoms with van der Waals surface area (Å²) in [5.74, 6) is 1.66. The van der Waals surface area contributed by atoms with Crippen LogP contribution >= 0.6 is 11.6 Å². The maximum atomic E-state index is 6.39. The van der Waals surface area contributed by atoms with E-state index in [1.807, 2.05) is 42.5 Å². The lowest BCUT2D eigenvalue weighted by Gasteiger charge is -2.35. The molecule has 3 aromatic rings. The lowest BCUT2D eigenvalue weighted by molar-refractivity contribution is 0.107. The van der Waals surface area contributed by atoms with Crippen LogP contribution in [0.3, 0.4) is 0 Å². The van der Waals surface area contributed by atoms with Crippen molar-refractivity contribution in [2.24, 2.45) is 0 Å². The molecule has 0 aliphatic carbocycles. The molecule has 0 aromatic heterocycles. The van der Waals surface area contributed by atoms with E-state index in [9.17, 15) is 0 Å². The zero-order valence-electron chi connectivity index (χ0n) is 18.6. The van der Waals surface area contributed by atoms with Crippen LogP contribution in [0, 0.1) is 0 Å². The Morgan fingerprint density at radius 3 is 2.19 bits per heavy atom. The molecule has 32 heavy (non-hydrogen) atoms. The third-order valence-corrected chi connectivity index (χ3v) is 6.21. The standard InChI is InChI=1S/C27H31ClN2O2/c1-31-25-10-12-26(13-11-25)32-27(23-8-5-9-24(28)20-23)14-15-29-16-18-30(19-17-29)21-22-6-3-2-4-7-22/h2-13,20,27H,14-19,21H2,1H3. The normalized spacial score (nSPS) is 15.9. The Kier molecular flexibility index (Phi) is 8.05. The topological polar surface area (TPSA) is 24.9 Å². The largest absolute Gasteiger partial charge is 0.497 e. The predicted octanol–water partition coefficient (Wildman–Crippen LogP) is 5.68. The molecule has 3 aromatic carbocycles. The van der Waals surface area contributed by atoms with Gasteiger partial charge in [-0.15, -0.1) is 0 Å². The molecular formula is C27H31ClN2O2. The molecule has 1 aliphatic heterocycles. The van der Waals surface area contributed by atoms with Crippen molar-refractivity contribution in [2.75, 3.05) is 39.8 Å². The van der Waals surface area contributed by atoms with Crippen LogP contribution in [0.1, 0.15) is 23.7 Å². The molecule has 4 rings (SSSR count). The quantitative estimate of drug-likeness (QED) is 0.419. The number of benzene rings is 3. The number of methoxy groups -OCH3 is 1. The second-order valence-electron chi connectivity index (χ2n) is 8.23. The predicted molar refractivity (Wildman–Crippen MR) is 131 cm³/mol. The molecule has 1 unspecified atom stereocenters. The third-order valence-electron chi connectivity index (χ3n) is 5.98. The Bertz CT molecular complexity index is 957. The maximum absolute atomic E-state index is 6.39. The maximum Gasteiger partial charge on any atom is 0.125 e. The Labute approximate surface area is 196 Å². The lowest BCUT2D eigenvalue weighted by atomic mass is 10.1. The summed E-state index contributed by atoms with van der Waals surface area (Å²) in [6.45, 7) is 6.37. The molecule has 1 atom stereocenters. The highest BCUT2D eigenvalue weighted by molar-refractivity contribution is 6.30. The monoisotopic (exact) mass is 450 g/mol. The van der Waals surface area contributed by atoms with E-state index in [0.717, 1.165) is 67.8 Å². The van der Waals surface area contributed by atoms with Crippen LogP contribution in [-0.2, 0) is 6.54 Å². The Balaban J connectivity index is 1.34. The first kappa shape index (κ1) is 22.7. The molecule has 0 spiro atoms. The van der Waals surface area contributed by atoms with E-state index >= 15 is 0 Å². The second-order valence-corrected chi connectivity index (χ2v) is 8.67. The molecule has 5 heteroatoms. The first-order valence-corrected chi connectivity index (χ1v) is 11.6. The van der Waals surface area contributed by atoms with Crippen LogP contribution < -0.4 is 9.47 Å². The van der Waals surface area contributed by atoms with Crippen molar-refractivity contribution in [1.29, 1.82) is 0 Å². The van der Waals surface area contributed by atoms with Crippen molar-refractivity contribution in [3.63, 3.8) is 0 Å². The van der Waals surface area contributed by atoms with Gasteiger partial charge in [0.2, 0.25) is 0 Å². The summed E-state index contributed by atoms with van der Waals surface area (Å²) >= 11 is 6.27. The van der Waals surface area contributed by atoms with Gasteiger partial charge in [0.05, 0.1) is 7.11 Å². The third kappa shape index (κ3) is 6.49. The molecule has 0 radical (unpaired) electrons. The SMILES string of the molecule is COc1ccc(OC(CCN2CCN(Cc3ccccc3)CC2)c2cccc(Cl)c2)cc1. The number of rotatable bonds is 9. The molecule has 1 saturated heterocycles. The summed E-state index contributed by atoms with van der Waals surface area (Å²) in [7, 11) is 1.67. The number of nitrogens with zero attached hydrogens (tertiary/aromatic N) is 2. The molecular weight excluding hydrogens is 420 g/mol. The summed E-state index contributed by atoms with van der Waals surface area (Å²) in [4.78, 5) is 5.07. The molecule has 1 aliphatic rings. The second kappa shape index (κ2) is 11.4. The van der Waals surface area contributed by atoms with Crippen LogP contribution in [0.2, 0.25) is 5.02 Å². The summed E-state index contributed by atoms with van der Waals surface area (Å²) in [6, 6.07) is 26.5. The first-order chi connectivity index (χ1) is 15.7. The summed E-state index contributed by atoms with van der Waals surface area (Å²) < 4.78 is 11.7. The summed E-state index contributed by atoms with van der Waals surface area (Å²) in [5.41, 5.74) is 2.49. The molecule has 1 heterocycles. The molecule has 0 amide bonds. The highest BCUT2D eigenvalue weighted by atomic mass is 35.5. The van der Waals surface area contributed by atoms with Crippen molar-refractivity contribution < 1.29 is 9.47 Å². The van der Waals surface area contributed by atoms with E-state index < -0.39 is 0 Å². The Hall–Kier alpha value is -2.53. The molecule has 0 bridgehead atoms. The molecule has 4 nitrogen and oxygen atoms in total. The average molecular weight is 451 g/mol. The van der Waals surface area contributed by atoms with Crippen molar-refractivity contribution in [3.8, 4) is 11.5 Å². The van der Waals surface area contributed by atoms with Gasteiger partial charge in [-0.05, 0) is 47.5 Å². The number of piperazine rings is 1. The number of ether oxygens (including phenoxy) is 2. The van der Waals surface area contributed by atoms with Crippen LogP contribution in [-0.4, -0.2) is 49.6 Å². The fourth-order valence-corrected chi connectivity index (χ4v) is 4.33. The van der Waals surface area contributed by atoms with Gasteiger partial charge in [0.25, 0.3) is 0 Å². The van der Waals surface area contributed by atoms with Gasteiger partial charge in [-0.25, -0.2) is 0 Å². The van der Waals surface area contributed by atoms with Gasteiger partial charge in [-0.2, -0.15) is 0 Å². The molecule has 168 valence electrons. The van der Waals surface area contributed by atoms with E-state index in [-0.39, 0.29) is 6.10 Å². The molecule has 0 saturated carbocycles. The number of halogens is 1. The average Bonchev–Trinajstić information content (AvgIpc) is 2.84. The fourth-order valence-electron chi connectivity index (χ4n) is 4.13. The van der Waals surface area contributed by atoms with Crippen LogP contribution in [0.5, 0.6) is 11.5 Å². The van der Waals surface area contributed by atoms with Crippen molar-refractivity contribution in [3.05, 3.63) is 95.0 Å². The Morgan fingerprint density at radius 2 is 1.50 bits per heavy atom. The van der Waals surface area contributed by atoms with E-state index in [1.165, 1.54) is 5.56 Å². The zero-order valence-corrected chi connectivity index (χ0v) is 19.4. The van der Waals surface area contributed by atoms with E-state index in [2.05, 4.69) is 46.2 Å². The van der Waals surface area contributed by atoms with Crippen LogP contribution in [0.25, 0.3) is 0 Å². The minimum absolute atomic E-state index is 0.0514. The van der Waals surface area contributed by atoms with Gasteiger partial charge in [0.15, 0.2) is 0 Å². The summed E-state index contributed by atoms with van der Waals surface area (Å²) in [5, 5.41) is 0.736. The minimum Gasteiger partial charge on any atom is -0.497 e. The van der Waals surface area contributed by atoms with Crippen molar-refractivity contribution in [2.45, 2.75) is 19.1 Å². The molecule has 1 fully saturated rings. The Morgan fingerprint density at radius 1 is 0.812 bits per heavy atom. The molecule has 0 N–H and O–H groups in total. The van der Waals surface area contributed by atoms with E-state index in [1.54, 1.807) is 7.11 Å². The first-order valence-electron chi connectivity index (χ1n) is 11.2. The van der Waals surface area contributed by atoms with Crippen LogP contribution in [0.4, 0.5) is 0 Å². The van der Waals surface area contributed by atoms with Crippen LogP contribution in [0.15, 0.2) is 78.9 Å². The highest BCUT2D eigenvalue weighted by Gasteiger charge is 2.20. The fraction of sp³-hybridized carbons (Fsp3) is 0.333. The van der Waals surface area contributed by atoms with Crippen molar-refractivity contribution >= 4 is 11.6 Å². The van der Waals surface area contributed by atoms with Crippen molar-refractivity contribution in [1.82, 2.24) is 9.80 Å². The van der Waals surface area contributed by atoms with Gasteiger partial charge in [0, 0.05) is 50.7 Å². The van der Waals surface area contributed by atoms with Gasteiger partial charge in [-0.1, -0.05) is 54.1 Å². The minimum atomic E-state index is -0.0514. The zero-order chi connectivity index (χ0) is 22.2. The van der Waals surface area contributed by atoms with E-state index in [0.29, 0.717) is 0 Å². The number of hydrogen-bond donors (Lipinski definition) is 0. The van der Waals surface area contributed by atoms with E-state index in [4.69, 9.17) is 21.1 Å². The summed E-state index contributed by atoms with van der Waals surface area (Å²) in [6.07, 6.45) is 0.856. The van der Waals surface area contributed by atoms with Gasteiger partial charge >= 0.3 is 0 Å². The van der Waals surface area contributed by atoms with Gasteiger partial charge in [-0.3, -0.25) is 4.90 Å². The van der Waals surface area contributed by atoms with Gasteiger partial charge < -0.3 is 14.4 Å². The highest BCUT2D eigenvalue weighted by Crippen LogP contribution is 2.28. The number of hydrogen-bond acceptors (Lipinski definition) is 4.